The molecule has 0 saturated heterocycles. The molecule has 8 nitrogen and oxygen atoms in total. The van der Waals surface area contributed by atoms with Gasteiger partial charge in [0.15, 0.2) is 11.5 Å². The summed E-state index contributed by atoms with van der Waals surface area (Å²) < 4.78 is 50.3. The summed E-state index contributed by atoms with van der Waals surface area (Å²) >= 11 is 0. The van der Waals surface area contributed by atoms with E-state index >= 15 is 0 Å². The molecule has 6 rings (SSSR count). The Bertz CT molecular complexity index is 1590. The van der Waals surface area contributed by atoms with Crippen molar-refractivity contribution >= 4 is 26.9 Å². The minimum atomic E-state index is -3.84. The zero-order valence-electron chi connectivity index (χ0n) is 18.9. The molecule has 2 aliphatic rings. The Morgan fingerprint density at radius 2 is 1.71 bits per heavy atom. The maximum Gasteiger partial charge on any atom is 0.317 e. The second-order valence-corrected chi connectivity index (χ2v) is 10.3. The fourth-order valence-corrected chi connectivity index (χ4v) is 6.07. The van der Waals surface area contributed by atoms with Gasteiger partial charge in [0.25, 0.3) is 10.0 Å². The Morgan fingerprint density at radius 3 is 2.49 bits per heavy atom. The van der Waals surface area contributed by atoms with E-state index in [0.29, 0.717) is 33.7 Å². The smallest absolute Gasteiger partial charge is 0.317 e. The minimum Gasteiger partial charge on any atom is -0.484 e. The van der Waals surface area contributed by atoms with Crippen LogP contribution in [-0.4, -0.2) is 32.3 Å². The number of carbonyl (C=O) groups is 1. The molecule has 0 aliphatic carbocycles. The van der Waals surface area contributed by atoms with Crippen LogP contribution < -0.4 is 14.2 Å². The zero-order valence-corrected chi connectivity index (χ0v) is 19.7. The van der Waals surface area contributed by atoms with Gasteiger partial charge in [-0.25, -0.2) is 12.4 Å². The van der Waals surface area contributed by atoms with Crippen LogP contribution in [0.5, 0.6) is 17.2 Å². The Labute approximate surface area is 201 Å². The number of benzene rings is 3. The Morgan fingerprint density at radius 1 is 0.971 bits per heavy atom. The topological polar surface area (TPSA) is 93.1 Å². The van der Waals surface area contributed by atoms with Crippen molar-refractivity contribution in [2.75, 3.05) is 13.9 Å². The number of carbonyl (C=O) groups excluding carboxylic acids is 1. The van der Waals surface area contributed by atoms with Gasteiger partial charge in [-0.3, -0.25) is 4.79 Å². The quantitative estimate of drug-likeness (QED) is 0.393. The van der Waals surface area contributed by atoms with Crippen LogP contribution in [0.3, 0.4) is 0 Å². The van der Waals surface area contributed by atoms with E-state index in [0.717, 1.165) is 11.1 Å². The lowest BCUT2D eigenvalue weighted by molar-refractivity contribution is -0.144. The molecule has 0 bridgehead atoms. The average Bonchev–Trinajstić information content (AvgIpc) is 3.59. The Hall–Kier alpha value is -3.98. The van der Waals surface area contributed by atoms with E-state index in [-0.39, 0.29) is 11.7 Å². The molecular weight excluding hydrogens is 470 g/mol. The van der Waals surface area contributed by atoms with Crippen LogP contribution in [0.1, 0.15) is 28.7 Å². The number of ether oxygens (including phenoxy) is 4. The molecule has 0 spiro atoms. The van der Waals surface area contributed by atoms with Crippen LogP contribution in [0.2, 0.25) is 0 Å². The van der Waals surface area contributed by atoms with E-state index in [4.69, 9.17) is 18.9 Å². The summed E-state index contributed by atoms with van der Waals surface area (Å²) in [5, 5.41) is 0.608. The Kier molecular flexibility index (Phi) is 4.79. The molecule has 1 aromatic heterocycles. The highest BCUT2D eigenvalue weighted by molar-refractivity contribution is 7.90. The van der Waals surface area contributed by atoms with Gasteiger partial charge in [-0.05, 0) is 55.0 Å². The van der Waals surface area contributed by atoms with E-state index in [2.05, 4.69) is 0 Å². The standard InChI is InChI=1S/C26H21NO7S/c1-15-3-6-17(7-4-15)35(29,30)27-12-11-18-19(27)8-10-21-23(18)24(26(28)31-2)25(34-21)16-5-9-20-22(13-16)33-14-32-20/h3-13,24-25H,14H2,1-2H3/t24-,25+/m1/s1. The molecule has 178 valence electrons. The lowest BCUT2D eigenvalue weighted by Crippen LogP contribution is -2.20. The van der Waals surface area contributed by atoms with Gasteiger partial charge in [-0.15, -0.1) is 0 Å². The SMILES string of the molecule is COC(=O)[C@@H]1c2c(ccc3c2ccn3S(=O)(=O)c2ccc(C)cc2)O[C@H]1c1ccc2c(c1)OCO2. The van der Waals surface area contributed by atoms with Crippen molar-refractivity contribution in [3.63, 3.8) is 0 Å². The van der Waals surface area contributed by atoms with Gasteiger partial charge in [0.1, 0.15) is 17.8 Å². The first kappa shape index (κ1) is 21.5. The molecule has 3 heterocycles. The number of hydrogen-bond donors (Lipinski definition) is 0. The number of hydrogen-bond acceptors (Lipinski definition) is 7. The van der Waals surface area contributed by atoms with E-state index in [1.54, 1.807) is 54.6 Å². The first-order valence-electron chi connectivity index (χ1n) is 11.0. The van der Waals surface area contributed by atoms with Crippen molar-refractivity contribution in [3.8, 4) is 17.2 Å². The van der Waals surface area contributed by atoms with E-state index in [1.807, 2.05) is 13.0 Å². The van der Waals surface area contributed by atoms with Gasteiger partial charge in [0, 0.05) is 17.1 Å². The van der Waals surface area contributed by atoms with Crippen LogP contribution >= 0.6 is 0 Å². The van der Waals surface area contributed by atoms with Crippen LogP contribution in [0.15, 0.2) is 71.8 Å². The van der Waals surface area contributed by atoms with Crippen LogP contribution in [-0.2, 0) is 19.6 Å². The molecule has 3 aromatic carbocycles. The highest BCUT2D eigenvalue weighted by Gasteiger charge is 2.43. The van der Waals surface area contributed by atoms with Gasteiger partial charge >= 0.3 is 5.97 Å². The van der Waals surface area contributed by atoms with Crippen molar-refractivity contribution in [3.05, 3.63) is 83.6 Å². The Balaban J connectivity index is 1.48. The predicted octanol–water partition coefficient (Wildman–Crippen LogP) is 4.31. The van der Waals surface area contributed by atoms with E-state index < -0.39 is 28.0 Å². The number of aromatic nitrogens is 1. The van der Waals surface area contributed by atoms with Gasteiger partial charge in [0.2, 0.25) is 6.79 Å². The summed E-state index contributed by atoms with van der Waals surface area (Å²) in [6.45, 7) is 2.03. The molecule has 0 amide bonds. The summed E-state index contributed by atoms with van der Waals surface area (Å²) in [7, 11) is -2.52. The summed E-state index contributed by atoms with van der Waals surface area (Å²) in [5.74, 6) is 0.428. The molecule has 35 heavy (non-hydrogen) atoms. The molecular formula is C26H21NO7S. The maximum absolute atomic E-state index is 13.4. The number of esters is 1. The third-order valence-electron chi connectivity index (χ3n) is 6.46. The molecule has 2 atom stereocenters. The maximum atomic E-state index is 13.4. The van der Waals surface area contributed by atoms with E-state index in [1.165, 1.54) is 17.3 Å². The van der Waals surface area contributed by atoms with Crippen LogP contribution in [0, 0.1) is 6.92 Å². The molecule has 0 radical (unpaired) electrons. The summed E-state index contributed by atoms with van der Waals surface area (Å²) in [6, 6.07) is 17.2. The molecule has 0 saturated carbocycles. The number of methoxy groups -OCH3 is 1. The third kappa shape index (κ3) is 3.26. The highest BCUT2D eigenvalue weighted by atomic mass is 32.2. The first-order valence-corrected chi connectivity index (χ1v) is 12.4. The van der Waals surface area contributed by atoms with Crippen molar-refractivity contribution < 1.29 is 32.2 Å². The normalized spacial score (nSPS) is 18.3. The first-order chi connectivity index (χ1) is 16.9. The van der Waals surface area contributed by atoms with E-state index in [9.17, 15) is 13.2 Å². The minimum absolute atomic E-state index is 0.133. The zero-order chi connectivity index (χ0) is 24.3. The number of aryl methyl sites for hydroxylation is 1. The molecule has 0 unspecified atom stereocenters. The second kappa shape index (κ2) is 7.78. The van der Waals surface area contributed by atoms with Crippen LogP contribution in [0.4, 0.5) is 0 Å². The third-order valence-corrected chi connectivity index (χ3v) is 8.17. The molecule has 4 aromatic rings. The second-order valence-electron chi connectivity index (χ2n) is 8.49. The van der Waals surface area contributed by atoms with Gasteiger partial charge in [-0.2, -0.15) is 0 Å². The monoisotopic (exact) mass is 491 g/mol. The van der Waals surface area contributed by atoms with Crippen molar-refractivity contribution in [2.45, 2.75) is 23.8 Å². The number of rotatable bonds is 4. The van der Waals surface area contributed by atoms with Crippen molar-refractivity contribution in [2.24, 2.45) is 0 Å². The fourth-order valence-electron chi connectivity index (χ4n) is 4.73. The molecule has 0 fully saturated rings. The fraction of sp³-hybridized carbons (Fsp3) is 0.192. The van der Waals surface area contributed by atoms with Crippen LogP contribution in [0.25, 0.3) is 10.9 Å². The number of nitrogens with zero attached hydrogens (tertiary/aromatic N) is 1. The summed E-state index contributed by atoms with van der Waals surface area (Å²) in [5.41, 5.74) is 2.73. The van der Waals surface area contributed by atoms with Crippen molar-refractivity contribution in [1.29, 1.82) is 0 Å². The lowest BCUT2D eigenvalue weighted by Gasteiger charge is -2.18. The molecule has 2 aliphatic heterocycles. The summed E-state index contributed by atoms with van der Waals surface area (Å²) in [4.78, 5) is 13.2. The molecule has 9 heteroatoms. The molecule has 0 N–H and O–H groups in total. The highest BCUT2D eigenvalue weighted by Crippen LogP contribution is 2.51. The van der Waals surface area contributed by atoms with Gasteiger partial charge in [-0.1, -0.05) is 23.8 Å². The largest absolute Gasteiger partial charge is 0.484 e. The van der Waals surface area contributed by atoms with Gasteiger partial charge in [0.05, 0.1) is 17.5 Å². The summed E-state index contributed by atoms with van der Waals surface area (Å²) in [6.07, 6.45) is 0.831. The predicted molar refractivity (Wildman–Crippen MR) is 126 cm³/mol. The number of fused-ring (bicyclic) bond motifs is 4. The average molecular weight is 492 g/mol. The van der Waals surface area contributed by atoms with Crippen molar-refractivity contribution in [1.82, 2.24) is 3.97 Å². The van der Waals surface area contributed by atoms with Gasteiger partial charge < -0.3 is 18.9 Å². The lowest BCUT2D eigenvalue weighted by atomic mass is 9.89.